The minimum atomic E-state index is -0.637. The van der Waals surface area contributed by atoms with Gasteiger partial charge in [0.05, 0.1) is 19.3 Å². The van der Waals surface area contributed by atoms with Crippen molar-refractivity contribution in [2.45, 2.75) is 19.1 Å². The first-order valence-electron chi connectivity index (χ1n) is 4.33. The Labute approximate surface area is 101 Å². The molecule has 0 saturated heterocycles. The van der Waals surface area contributed by atoms with Crippen LogP contribution in [-0.4, -0.2) is 18.3 Å². The SMILES string of the molecule is COc1ccc(Cl)cc1[C@@H](N)[C@H](C)O.Cl. The Morgan fingerprint density at radius 3 is 2.53 bits per heavy atom. The number of halogens is 2. The lowest BCUT2D eigenvalue weighted by Gasteiger charge is -2.18. The molecule has 3 nitrogen and oxygen atoms in total. The van der Waals surface area contributed by atoms with Crippen LogP contribution in [-0.2, 0) is 0 Å². The topological polar surface area (TPSA) is 55.5 Å². The molecule has 0 radical (unpaired) electrons. The van der Waals surface area contributed by atoms with Crippen LogP contribution in [0.2, 0.25) is 5.02 Å². The second kappa shape index (κ2) is 6.18. The number of hydrogen-bond acceptors (Lipinski definition) is 3. The zero-order valence-electron chi connectivity index (χ0n) is 8.61. The Balaban J connectivity index is 0.00000196. The van der Waals surface area contributed by atoms with Crippen molar-refractivity contribution in [2.24, 2.45) is 5.73 Å². The van der Waals surface area contributed by atoms with E-state index in [2.05, 4.69) is 0 Å². The zero-order chi connectivity index (χ0) is 10.7. The molecule has 5 heteroatoms. The molecule has 0 fully saturated rings. The van der Waals surface area contributed by atoms with Crippen LogP contribution in [0.3, 0.4) is 0 Å². The van der Waals surface area contributed by atoms with E-state index in [4.69, 9.17) is 22.1 Å². The van der Waals surface area contributed by atoms with Gasteiger partial charge in [-0.05, 0) is 25.1 Å². The summed E-state index contributed by atoms with van der Waals surface area (Å²) in [4.78, 5) is 0. The van der Waals surface area contributed by atoms with Crippen molar-refractivity contribution in [1.29, 1.82) is 0 Å². The zero-order valence-corrected chi connectivity index (χ0v) is 10.2. The lowest BCUT2D eigenvalue weighted by atomic mass is 10.0. The maximum atomic E-state index is 9.36. The first-order valence-corrected chi connectivity index (χ1v) is 4.71. The average molecular weight is 252 g/mol. The summed E-state index contributed by atoms with van der Waals surface area (Å²) in [6.45, 7) is 1.63. The minimum Gasteiger partial charge on any atom is -0.496 e. The van der Waals surface area contributed by atoms with Gasteiger partial charge in [-0.25, -0.2) is 0 Å². The van der Waals surface area contributed by atoms with Gasteiger partial charge in [0, 0.05) is 10.6 Å². The van der Waals surface area contributed by atoms with Crippen molar-refractivity contribution < 1.29 is 9.84 Å². The number of rotatable bonds is 3. The Hall–Kier alpha value is -0.480. The number of aliphatic hydroxyl groups excluding tert-OH is 1. The molecule has 3 N–H and O–H groups in total. The van der Waals surface area contributed by atoms with Gasteiger partial charge in [0.2, 0.25) is 0 Å². The van der Waals surface area contributed by atoms with Crippen LogP contribution in [0.5, 0.6) is 5.75 Å². The van der Waals surface area contributed by atoms with Gasteiger partial charge in [0.1, 0.15) is 5.75 Å². The maximum Gasteiger partial charge on any atom is 0.123 e. The van der Waals surface area contributed by atoms with E-state index in [1.165, 1.54) is 0 Å². The van der Waals surface area contributed by atoms with E-state index in [1.807, 2.05) is 0 Å². The fourth-order valence-corrected chi connectivity index (χ4v) is 1.41. The number of benzene rings is 1. The highest BCUT2D eigenvalue weighted by atomic mass is 35.5. The quantitative estimate of drug-likeness (QED) is 0.866. The van der Waals surface area contributed by atoms with Crippen LogP contribution in [0.25, 0.3) is 0 Å². The Kier molecular flexibility index (Phi) is 5.98. The third-order valence-corrected chi connectivity index (χ3v) is 2.31. The average Bonchev–Trinajstić information content (AvgIpc) is 2.16. The highest BCUT2D eigenvalue weighted by Crippen LogP contribution is 2.28. The molecular formula is C10H15Cl2NO2. The Bertz CT molecular complexity index is 318. The molecule has 86 valence electrons. The van der Waals surface area contributed by atoms with E-state index in [9.17, 15) is 5.11 Å². The molecule has 15 heavy (non-hydrogen) atoms. The predicted molar refractivity (Wildman–Crippen MR) is 63.9 cm³/mol. The second-order valence-corrected chi connectivity index (χ2v) is 3.59. The van der Waals surface area contributed by atoms with Gasteiger partial charge in [-0.1, -0.05) is 11.6 Å². The van der Waals surface area contributed by atoms with Crippen molar-refractivity contribution in [1.82, 2.24) is 0 Å². The van der Waals surface area contributed by atoms with E-state index in [0.29, 0.717) is 10.8 Å². The highest BCUT2D eigenvalue weighted by molar-refractivity contribution is 6.30. The summed E-state index contributed by atoms with van der Waals surface area (Å²) in [6, 6.07) is 4.68. The molecule has 0 heterocycles. The molecule has 0 amide bonds. The van der Waals surface area contributed by atoms with Crippen LogP contribution in [0.4, 0.5) is 0 Å². The van der Waals surface area contributed by atoms with E-state index in [-0.39, 0.29) is 12.4 Å². The normalized spacial score (nSPS) is 13.9. The molecular weight excluding hydrogens is 237 g/mol. The van der Waals surface area contributed by atoms with Gasteiger partial charge >= 0.3 is 0 Å². The first-order chi connectivity index (χ1) is 6.56. The predicted octanol–water partition coefficient (Wildman–Crippen LogP) is 2.15. The van der Waals surface area contributed by atoms with E-state index in [0.717, 1.165) is 5.56 Å². The molecule has 1 rings (SSSR count). The van der Waals surface area contributed by atoms with Crippen LogP contribution < -0.4 is 10.5 Å². The van der Waals surface area contributed by atoms with Crippen molar-refractivity contribution in [3.05, 3.63) is 28.8 Å². The number of ether oxygens (including phenoxy) is 1. The third-order valence-electron chi connectivity index (χ3n) is 2.07. The van der Waals surface area contributed by atoms with E-state index in [1.54, 1.807) is 32.2 Å². The molecule has 0 unspecified atom stereocenters. The van der Waals surface area contributed by atoms with Crippen LogP contribution >= 0.6 is 24.0 Å². The Morgan fingerprint density at radius 2 is 2.07 bits per heavy atom. The van der Waals surface area contributed by atoms with Gasteiger partial charge in [-0.15, -0.1) is 12.4 Å². The maximum absolute atomic E-state index is 9.36. The minimum absolute atomic E-state index is 0. The molecule has 0 aromatic heterocycles. The number of methoxy groups -OCH3 is 1. The standard InChI is InChI=1S/C10H14ClNO2.ClH/c1-6(13)10(12)8-5-7(11)3-4-9(8)14-2;/h3-6,10,13H,12H2,1-2H3;1H/t6-,10-;/m0./s1. The van der Waals surface area contributed by atoms with Gasteiger partial charge < -0.3 is 15.6 Å². The molecule has 0 spiro atoms. The van der Waals surface area contributed by atoms with Crippen LogP contribution in [0, 0.1) is 0 Å². The number of aliphatic hydroxyl groups is 1. The van der Waals surface area contributed by atoms with Gasteiger partial charge in [-0.2, -0.15) is 0 Å². The van der Waals surface area contributed by atoms with Crippen molar-refractivity contribution in [2.75, 3.05) is 7.11 Å². The lowest BCUT2D eigenvalue weighted by molar-refractivity contribution is 0.162. The van der Waals surface area contributed by atoms with Gasteiger partial charge in [0.15, 0.2) is 0 Å². The second-order valence-electron chi connectivity index (χ2n) is 3.15. The van der Waals surface area contributed by atoms with Crippen molar-refractivity contribution >= 4 is 24.0 Å². The smallest absolute Gasteiger partial charge is 0.123 e. The lowest BCUT2D eigenvalue weighted by Crippen LogP contribution is -2.23. The van der Waals surface area contributed by atoms with E-state index < -0.39 is 12.1 Å². The molecule has 1 aromatic carbocycles. The summed E-state index contributed by atoms with van der Waals surface area (Å²) in [6.07, 6.45) is -0.637. The van der Waals surface area contributed by atoms with Crippen LogP contribution in [0.1, 0.15) is 18.5 Å². The third kappa shape index (κ3) is 3.54. The molecule has 1 aromatic rings. The molecule has 0 aliphatic heterocycles. The summed E-state index contributed by atoms with van der Waals surface area (Å²) in [5, 5.41) is 9.94. The molecule has 0 aliphatic carbocycles. The van der Waals surface area contributed by atoms with Crippen molar-refractivity contribution in [3.63, 3.8) is 0 Å². The van der Waals surface area contributed by atoms with E-state index >= 15 is 0 Å². The fourth-order valence-electron chi connectivity index (χ4n) is 1.23. The molecule has 0 bridgehead atoms. The Morgan fingerprint density at radius 1 is 1.47 bits per heavy atom. The largest absolute Gasteiger partial charge is 0.496 e. The summed E-state index contributed by atoms with van der Waals surface area (Å²) >= 11 is 5.83. The highest BCUT2D eigenvalue weighted by Gasteiger charge is 2.16. The number of hydrogen-bond donors (Lipinski definition) is 2. The van der Waals surface area contributed by atoms with Crippen LogP contribution in [0.15, 0.2) is 18.2 Å². The molecule has 0 saturated carbocycles. The fraction of sp³-hybridized carbons (Fsp3) is 0.400. The summed E-state index contributed by atoms with van der Waals surface area (Å²) in [5.41, 5.74) is 6.51. The first kappa shape index (κ1) is 14.5. The van der Waals surface area contributed by atoms with Crippen molar-refractivity contribution in [3.8, 4) is 5.75 Å². The van der Waals surface area contributed by atoms with Gasteiger partial charge in [0.25, 0.3) is 0 Å². The summed E-state index contributed by atoms with van der Waals surface area (Å²) in [5.74, 6) is 0.641. The molecule has 2 atom stereocenters. The van der Waals surface area contributed by atoms with Gasteiger partial charge in [-0.3, -0.25) is 0 Å². The summed E-state index contributed by atoms with van der Waals surface area (Å²) in [7, 11) is 1.56. The molecule has 0 aliphatic rings. The number of nitrogens with two attached hydrogens (primary N) is 1. The summed E-state index contributed by atoms with van der Waals surface area (Å²) < 4.78 is 5.12. The monoisotopic (exact) mass is 251 g/mol.